The second-order valence-corrected chi connectivity index (χ2v) is 9.64. The van der Waals surface area contributed by atoms with E-state index in [0.717, 1.165) is 33.9 Å². The van der Waals surface area contributed by atoms with Crippen LogP contribution in [-0.4, -0.2) is 9.97 Å². The van der Waals surface area contributed by atoms with E-state index in [0.29, 0.717) is 0 Å². The van der Waals surface area contributed by atoms with Crippen molar-refractivity contribution in [3.05, 3.63) is 119 Å². The van der Waals surface area contributed by atoms with Crippen LogP contribution < -0.4 is 0 Å². The van der Waals surface area contributed by atoms with Gasteiger partial charge in [-0.2, -0.15) is 0 Å². The third-order valence-electron chi connectivity index (χ3n) is 7.09. The summed E-state index contributed by atoms with van der Waals surface area (Å²) in [5.41, 5.74) is 9.72. The van der Waals surface area contributed by atoms with Gasteiger partial charge in [-0.3, -0.25) is 9.97 Å². The summed E-state index contributed by atoms with van der Waals surface area (Å²) in [5.74, 6) is 0.727. The average Bonchev–Trinajstić information content (AvgIpc) is 2.89. The van der Waals surface area contributed by atoms with E-state index in [2.05, 4.69) is 125 Å². The largest absolute Gasteiger partial charge is 0.255 e. The smallest absolute Gasteiger partial charge is 0.156 e. The van der Waals surface area contributed by atoms with E-state index in [1.54, 1.807) is 0 Å². The Kier molecular flexibility index (Phi) is 6.73. The Morgan fingerprint density at radius 1 is 0.486 bits per heavy atom. The number of hydrogen-bond acceptors (Lipinski definition) is 2. The third-order valence-corrected chi connectivity index (χ3v) is 7.09. The Balaban J connectivity index is 0.00000280. The normalized spacial score (nSPS) is 11.0. The fourth-order valence-corrected chi connectivity index (χ4v) is 5.16. The number of aryl methyl sites for hydroxylation is 4. The first kappa shape index (κ1) is 25.0. The van der Waals surface area contributed by atoms with Crippen molar-refractivity contribution in [2.24, 2.45) is 0 Å². The van der Waals surface area contributed by atoms with Crippen LogP contribution in [0.25, 0.3) is 55.4 Å². The van der Waals surface area contributed by atoms with Gasteiger partial charge in [-0.1, -0.05) is 106 Å². The van der Waals surface area contributed by atoms with Crippen LogP contribution in [0.15, 0.2) is 91.0 Å². The van der Waals surface area contributed by atoms with Gasteiger partial charge in [0.25, 0.3) is 0 Å². The Morgan fingerprint density at radius 2 is 0.946 bits per heavy atom. The summed E-state index contributed by atoms with van der Waals surface area (Å²) >= 11 is 0. The number of hydrogen-bond donors (Lipinski definition) is 0. The molecular weight excluding hydrogens is 487 g/mol. The summed E-state index contributed by atoms with van der Waals surface area (Å²) in [6.45, 7) is 8.55. The summed E-state index contributed by atoms with van der Waals surface area (Å²) in [6, 6.07) is 35.8. The maximum atomic E-state index is 5.10. The minimum atomic E-state index is 0. The zero-order valence-electron chi connectivity index (χ0n) is 21.5. The molecule has 0 bridgehead atoms. The molecule has 1 radical (unpaired) electrons. The maximum absolute atomic E-state index is 5.10. The first-order chi connectivity index (χ1) is 17.5. The summed E-state index contributed by atoms with van der Waals surface area (Å²) in [5, 5.41) is 4.83. The fraction of sp³-hybridized carbons (Fsp3) is 0.118. The topological polar surface area (TPSA) is 25.8 Å². The standard InChI is InChI=1S/C34H27N2.V/c1-21-13-16-27(24(4)19-21)34-35-32(30-17-14-22(2)25-9-5-7-11-28(25)30)20-33(36-34)31-18-15-23(3)26-10-6-8-12-29(26)31;/h5-19H,1-4H3;/q-1;. The molecule has 3 heteroatoms. The molecule has 5 aromatic carbocycles. The molecule has 0 aliphatic carbocycles. The zero-order chi connectivity index (χ0) is 24.8. The van der Waals surface area contributed by atoms with E-state index >= 15 is 0 Å². The summed E-state index contributed by atoms with van der Waals surface area (Å²) in [6.07, 6.45) is 0. The van der Waals surface area contributed by atoms with E-state index in [1.165, 1.54) is 43.8 Å². The number of nitrogens with zero attached hydrogens (tertiary/aromatic N) is 2. The predicted molar refractivity (Wildman–Crippen MR) is 151 cm³/mol. The first-order valence-electron chi connectivity index (χ1n) is 12.4. The minimum absolute atomic E-state index is 0. The maximum Gasteiger partial charge on any atom is 0.156 e. The van der Waals surface area contributed by atoms with Crippen LogP contribution in [0.3, 0.4) is 0 Å². The van der Waals surface area contributed by atoms with Crippen LogP contribution in [-0.2, 0) is 18.6 Å². The van der Waals surface area contributed by atoms with Crippen molar-refractivity contribution < 1.29 is 18.6 Å². The van der Waals surface area contributed by atoms with Crippen LogP contribution in [0.2, 0.25) is 0 Å². The molecule has 0 fully saturated rings. The molecule has 0 aliphatic heterocycles. The van der Waals surface area contributed by atoms with Crippen LogP contribution in [0.5, 0.6) is 0 Å². The van der Waals surface area contributed by atoms with E-state index in [4.69, 9.17) is 9.97 Å². The molecule has 0 atom stereocenters. The first-order valence-corrected chi connectivity index (χ1v) is 12.4. The second-order valence-electron chi connectivity index (χ2n) is 9.64. The molecule has 0 N–H and O–H groups in total. The Morgan fingerprint density at radius 3 is 1.43 bits per heavy atom. The fourth-order valence-electron chi connectivity index (χ4n) is 5.16. The quantitative estimate of drug-likeness (QED) is 0.221. The molecule has 0 amide bonds. The average molecular weight is 515 g/mol. The van der Waals surface area contributed by atoms with Crippen molar-refractivity contribution in [1.82, 2.24) is 9.97 Å². The van der Waals surface area contributed by atoms with Gasteiger partial charge in [0.1, 0.15) is 0 Å². The van der Waals surface area contributed by atoms with Crippen LogP contribution >= 0.6 is 0 Å². The van der Waals surface area contributed by atoms with Gasteiger partial charge in [0, 0.05) is 24.1 Å². The molecular formula is C34H27N2V-. The van der Waals surface area contributed by atoms with Gasteiger partial charge in [0.15, 0.2) is 5.82 Å². The van der Waals surface area contributed by atoms with Gasteiger partial charge in [-0.25, -0.2) is 0 Å². The molecule has 37 heavy (non-hydrogen) atoms. The summed E-state index contributed by atoms with van der Waals surface area (Å²) < 4.78 is 0. The van der Waals surface area contributed by atoms with Crippen molar-refractivity contribution in [2.75, 3.05) is 0 Å². The molecule has 1 aromatic heterocycles. The van der Waals surface area contributed by atoms with Gasteiger partial charge in [-0.15, -0.1) is 18.2 Å². The van der Waals surface area contributed by atoms with Gasteiger partial charge in [0.2, 0.25) is 0 Å². The number of benzene rings is 5. The Hall–Kier alpha value is -3.72. The monoisotopic (exact) mass is 514 g/mol. The van der Waals surface area contributed by atoms with Crippen LogP contribution in [0, 0.1) is 33.8 Å². The molecule has 6 aromatic rings. The summed E-state index contributed by atoms with van der Waals surface area (Å²) in [7, 11) is 0. The number of aromatic nitrogens is 2. The zero-order valence-corrected chi connectivity index (χ0v) is 22.9. The van der Waals surface area contributed by atoms with E-state index in [9.17, 15) is 0 Å². The predicted octanol–water partition coefficient (Wildman–Crippen LogP) is 8.82. The molecule has 0 spiro atoms. The molecule has 0 saturated carbocycles. The Bertz CT molecular complexity index is 1680. The molecule has 0 saturated heterocycles. The molecule has 0 aliphatic rings. The van der Waals surface area contributed by atoms with Gasteiger partial charge in [0.05, 0.1) is 0 Å². The number of rotatable bonds is 3. The van der Waals surface area contributed by atoms with Crippen molar-refractivity contribution in [3.8, 4) is 33.9 Å². The molecule has 1 heterocycles. The van der Waals surface area contributed by atoms with Crippen LogP contribution in [0.1, 0.15) is 22.3 Å². The number of fused-ring (bicyclic) bond motifs is 2. The van der Waals surface area contributed by atoms with Crippen molar-refractivity contribution >= 4 is 21.5 Å². The minimum Gasteiger partial charge on any atom is -0.255 e. The van der Waals surface area contributed by atoms with Gasteiger partial charge in [-0.05, 0) is 66.5 Å². The van der Waals surface area contributed by atoms with E-state index < -0.39 is 0 Å². The van der Waals surface area contributed by atoms with E-state index in [1.807, 2.05) is 0 Å². The van der Waals surface area contributed by atoms with Gasteiger partial charge < -0.3 is 0 Å². The van der Waals surface area contributed by atoms with Crippen molar-refractivity contribution in [1.29, 1.82) is 0 Å². The molecule has 2 nitrogen and oxygen atoms in total. The molecule has 6 rings (SSSR count). The molecule has 0 unspecified atom stereocenters. The SMILES string of the molecule is Cc1ccc(-c2nc(-c3ccc(C)c4ccccc34)[c-]c(-c3ccc(C)c4ccccc34)n2)c(C)c1.[V]. The second kappa shape index (κ2) is 9.97. The summed E-state index contributed by atoms with van der Waals surface area (Å²) in [4.78, 5) is 10.2. The third kappa shape index (κ3) is 4.48. The van der Waals surface area contributed by atoms with Crippen molar-refractivity contribution in [2.45, 2.75) is 27.7 Å². The van der Waals surface area contributed by atoms with Gasteiger partial charge >= 0.3 is 0 Å². The van der Waals surface area contributed by atoms with Crippen LogP contribution in [0.4, 0.5) is 0 Å². The van der Waals surface area contributed by atoms with Crippen molar-refractivity contribution in [3.63, 3.8) is 0 Å². The van der Waals surface area contributed by atoms with E-state index in [-0.39, 0.29) is 18.6 Å². The molecule has 179 valence electrons. The Labute approximate surface area is 230 Å².